The van der Waals surface area contributed by atoms with E-state index in [0.29, 0.717) is 0 Å². The first kappa shape index (κ1) is 130. The van der Waals surface area contributed by atoms with Gasteiger partial charge < -0.3 is 5.32 Å². The van der Waals surface area contributed by atoms with Crippen molar-refractivity contribution in [2.45, 2.75) is 433 Å². The fourth-order valence-corrected chi connectivity index (χ4v) is 18.7. The van der Waals surface area contributed by atoms with Crippen molar-refractivity contribution < 1.29 is 0 Å². The van der Waals surface area contributed by atoms with Gasteiger partial charge in [-0.2, -0.15) is 0 Å². The second kappa shape index (κ2) is 55.6. The van der Waals surface area contributed by atoms with E-state index in [9.17, 15) is 0 Å². The molecule has 0 amide bonds. The van der Waals surface area contributed by atoms with Crippen LogP contribution in [0.15, 0.2) is 225 Å². The van der Waals surface area contributed by atoms with Crippen molar-refractivity contribution in [3.63, 3.8) is 0 Å². The van der Waals surface area contributed by atoms with Crippen LogP contribution in [-0.2, 0) is 72.4 Å². The molecule has 0 spiro atoms. The predicted octanol–water partition coefficient (Wildman–Crippen LogP) is 41.2. The number of hydrogen-bond donors (Lipinski definition) is 1. The van der Waals surface area contributed by atoms with Crippen LogP contribution in [0.25, 0.3) is 12.2 Å². The SMILES string of the molecule is C.C.C=Cc1ccc(C)c(C(C)(C)C)c1.C=Cc1ccccc1C(C)(C)C.CCc1cc(C)c(C(C)(C)C)c(C)c1.CCc1ccccc1C(C)(C)C.CNc1ccccc1C(C)(C)C.Cc1cc(C)c(C)c(C(C)(C)C)c1C.Cc1ccc(C(C)(C)C)c(C)c1.Cc1ccc(C)c(C(C)(C)C)c1.Cc1cccc(C)c1C(C)(C)C.Cc1ccccc1C(C)(C)C.Cc1ccccc1C(C)(C)C. The molecule has 0 aromatic heterocycles. The number of rotatable bonds is 5. The standard InChI is InChI=1S/2C14H22.C13H18.4C12H18.C12H16.C11H17N.2C11H16.2CH4/c1-9-8-10(2)12(4)13(11(9)3)14(5,6)7;1-7-12-8-10(2)13(11(3)9-12)14(4,5)6;1-6-11-8-7-10(2)12(9-11)13(3,4)5;1-9-6-7-11(10(2)8-9)12(3,4)5;1-9-6-7-10(2)11(8-9)12(3,4)5;1-9-7-6-8-10(2)11(9)12(3,4)5;2*1-5-10-8-6-7-9-11(10)12(2,3)4;1-11(2,3)9-7-5-6-8-10(9)12-4;2*1-9-7-5-6-8-10(9)11(2,3)4;;/h8H,1-7H3;8-9H,7H2,1-6H3;6-9H,1H2,2-5H3;3*6-8H,1-5H3;6-9H,5H2,1-4H3;5-9H,1H2,2-4H3;5-8,12H,1-4H3;2*5-8H,1-4H3;2*1H4. The maximum absolute atomic E-state index is 3.81. The Morgan fingerprint density at radius 3 is 0.839 bits per heavy atom. The largest absolute Gasteiger partial charge is 0.388 e. The molecule has 756 valence electrons. The average molecular weight is 1860 g/mol. The van der Waals surface area contributed by atoms with Crippen LogP contribution in [0.3, 0.4) is 0 Å². The van der Waals surface area contributed by atoms with Crippen molar-refractivity contribution >= 4 is 17.8 Å². The van der Waals surface area contributed by atoms with Crippen molar-refractivity contribution in [3.05, 3.63) is 392 Å². The van der Waals surface area contributed by atoms with Crippen molar-refractivity contribution in [1.29, 1.82) is 0 Å². The van der Waals surface area contributed by atoms with Gasteiger partial charge in [0.2, 0.25) is 0 Å². The van der Waals surface area contributed by atoms with Crippen LogP contribution >= 0.6 is 0 Å². The molecule has 137 heavy (non-hydrogen) atoms. The molecular weight excluding hydrogens is 1650 g/mol. The summed E-state index contributed by atoms with van der Waals surface area (Å²) in [4.78, 5) is 0. The Kier molecular flexibility index (Phi) is 52.7. The van der Waals surface area contributed by atoms with Crippen LogP contribution < -0.4 is 5.32 Å². The highest BCUT2D eigenvalue weighted by atomic mass is 14.8. The van der Waals surface area contributed by atoms with Crippen LogP contribution in [0.2, 0.25) is 0 Å². The summed E-state index contributed by atoms with van der Waals surface area (Å²) in [6, 6.07) is 75.9. The number of anilines is 1. The number of para-hydroxylation sites is 1. The summed E-state index contributed by atoms with van der Waals surface area (Å²) in [6.07, 6.45) is 6.08. The van der Waals surface area contributed by atoms with Gasteiger partial charge in [0, 0.05) is 12.7 Å². The molecule has 11 aromatic carbocycles. The lowest BCUT2D eigenvalue weighted by atomic mass is 9.78. The Labute approximate surface area is 850 Å². The Morgan fingerprint density at radius 1 is 0.226 bits per heavy atom. The summed E-state index contributed by atoms with van der Waals surface area (Å²) in [5.74, 6) is 0. The highest BCUT2D eigenvalue weighted by Gasteiger charge is 2.26. The third-order valence-electron chi connectivity index (χ3n) is 24.9. The van der Waals surface area contributed by atoms with Gasteiger partial charge in [-0.25, -0.2) is 0 Å². The molecule has 11 aromatic rings. The second-order valence-electron chi connectivity index (χ2n) is 49.3. The van der Waals surface area contributed by atoms with Crippen molar-refractivity contribution in [1.82, 2.24) is 0 Å². The normalized spacial score (nSPS) is 11.5. The van der Waals surface area contributed by atoms with Gasteiger partial charge >= 0.3 is 0 Å². The molecule has 0 fully saturated rings. The lowest BCUT2D eigenvalue weighted by Gasteiger charge is -2.26. The molecule has 0 saturated carbocycles. The molecule has 0 aliphatic heterocycles. The first-order valence-corrected chi connectivity index (χ1v) is 50.3. The highest BCUT2D eigenvalue weighted by molar-refractivity contribution is 5.56. The molecule has 1 N–H and O–H groups in total. The molecule has 1 nitrogen and oxygen atoms in total. The molecule has 0 aliphatic carbocycles. The van der Waals surface area contributed by atoms with Gasteiger partial charge in [-0.1, -0.05) is 500 Å². The second-order valence-corrected chi connectivity index (χ2v) is 49.3. The van der Waals surface area contributed by atoms with E-state index in [0.717, 1.165) is 12.8 Å². The summed E-state index contributed by atoms with van der Waals surface area (Å²) in [5, 5.41) is 3.20. The molecular formula is C136H207N. The zero-order valence-electron chi connectivity index (χ0n) is 96.7. The molecule has 0 saturated heterocycles. The highest BCUT2D eigenvalue weighted by Crippen LogP contribution is 2.37. The van der Waals surface area contributed by atoms with E-state index in [1.807, 2.05) is 25.3 Å². The zero-order chi connectivity index (χ0) is 105. The molecule has 0 bridgehead atoms. The van der Waals surface area contributed by atoms with E-state index in [4.69, 9.17) is 0 Å². The molecule has 11 rings (SSSR count). The van der Waals surface area contributed by atoms with Crippen LogP contribution in [0, 0.1) is 104 Å². The predicted molar refractivity (Wildman–Crippen MR) is 630 cm³/mol. The molecule has 0 radical (unpaired) electrons. The van der Waals surface area contributed by atoms with Crippen LogP contribution in [0.5, 0.6) is 0 Å². The Morgan fingerprint density at radius 2 is 0.533 bits per heavy atom. The van der Waals surface area contributed by atoms with Crippen molar-refractivity contribution in [3.8, 4) is 0 Å². The van der Waals surface area contributed by atoms with Gasteiger partial charge in [0.25, 0.3) is 0 Å². The number of aryl methyl sites for hydroxylation is 15. The van der Waals surface area contributed by atoms with E-state index in [-0.39, 0.29) is 74.4 Å². The summed E-state index contributed by atoms with van der Waals surface area (Å²) in [6.45, 7) is 119. The van der Waals surface area contributed by atoms with Crippen LogP contribution in [0.4, 0.5) is 5.69 Å². The smallest absolute Gasteiger partial charge is 0.0375 e. The maximum atomic E-state index is 3.81. The van der Waals surface area contributed by atoms with Gasteiger partial charge in [0.05, 0.1) is 0 Å². The summed E-state index contributed by atoms with van der Waals surface area (Å²) < 4.78 is 0. The first-order valence-electron chi connectivity index (χ1n) is 50.3. The number of benzene rings is 11. The average Bonchev–Trinajstić information content (AvgIpc) is 0.785. The Balaban J connectivity index is 0. The molecule has 1 heteroatoms. The monoisotopic (exact) mass is 1850 g/mol. The third-order valence-corrected chi connectivity index (χ3v) is 24.9. The van der Waals surface area contributed by atoms with Crippen molar-refractivity contribution in [2.24, 2.45) is 0 Å². The van der Waals surface area contributed by atoms with Gasteiger partial charge in [0.1, 0.15) is 0 Å². The Bertz CT molecular complexity index is 5270. The number of hydrogen-bond acceptors (Lipinski definition) is 1. The Hall–Kier alpha value is -9.30. The van der Waals surface area contributed by atoms with Crippen LogP contribution in [-0.4, -0.2) is 7.05 Å². The minimum absolute atomic E-state index is 0. The van der Waals surface area contributed by atoms with Gasteiger partial charge in [-0.05, 0) is 338 Å². The molecule has 0 unspecified atom stereocenters. The number of nitrogens with one attached hydrogen (secondary N) is 1. The molecule has 0 aliphatic rings. The van der Waals surface area contributed by atoms with E-state index >= 15 is 0 Å². The fourth-order valence-electron chi connectivity index (χ4n) is 18.7. The van der Waals surface area contributed by atoms with E-state index < -0.39 is 0 Å². The fraction of sp³-hybridized carbons (Fsp3) is 0.485. The third kappa shape index (κ3) is 44.4. The first-order chi connectivity index (χ1) is 61.5. The summed E-state index contributed by atoms with van der Waals surface area (Å²) in [7, 11) is 1.96. The minimum Gasteiger partial charge on any atom is -0.388 e. The van der Waals surface area contributed by atoms with Gasteiger partial charge in [0.15, 0.2) is 0 Å². The van der Waals surface area contributed by atoms with E-state index in [2.05, 4.69) is 571 Å². The minimum atomic E-state index is 0. The van der Waals surface area contributed by atoms with E-state index in [1.54, 1.807) is 0 Å². The van der Waals surface area contributed by atoms with Gasteiger partial charge in [-0.3, -0.25) is 0 Å². The zero-order valence-corrected chi connectivity index (χ0v) is 96.7. The topological polar surface area (TPSA) is 12.0 Å². The van der Waals surface area contributed by atoms with Crippen molar-refractivity contribution in [2.75, 3.05) is 12.4 Å². The van der Waals surface area contributed by atoms with Crippen LogP contribution in [0.1, 0.15) is 424 Å². The van der Waals surface area contributed by atoms with E-state index in [1.165, 1.54) is 173 Å². The maximum Gasteiger partial charge on any atom is 0.0375 e. The van der Waals surface area contributed by atoms with Gasteiger partial charge in [-0.15, -0.1) is 0 Å². The lowest BCUT2D eigenvalue weighted by Crippen LogP contribution is -2.16. The summed E-state index contributed by atoms with van der Waals surface area (Å²) in [5.41, 5.74) is 46.5. The lowest BCUT2D eigenvalue weighted by molar-refractivity contribution is 0.580. The quantitative estimate of drug-likeness (QED) is 0.181. The molecule has 0 heterocycles. The summed E-state index contributed by atoms with van der Waals surface area (Å²) >= 11 is 0. The molecule has 0 atom stereocenters.